The number of hydrogen-bond donors (Lipinski definition) is 2. The van der Waals surface area contributed by atoms with Crippen LogP contribution >= 0.6 is 0 Å². The fraction of sp³-hybridized carbons (Fsp3) is 0.882. The van der Waals surface area contributed by atoms with E-state index in [4.69, 9.17) is 0 Å². The summed E-state index contributed by atoms with van der Waals surface area (Å²) in [6.45, 7) is 4.14. The van der Waals surface area contributed by atoms with Crippen molar-refractivity contribution in [3.63, 3.8) is 0 Å². The van der Waals surface area contributed by atoms with E-state index in [2.05, 4.69) is 22.5 Å². The van der Waals surface area contributed by atoms with Crippen LogP contribution in [0.1, 0.15) is 58.3 Å². The molecule has 0 bridgehead atoms. The average molecular weight is 310 g/mol. The van der Waals surface area contributed by atoms with Gasteiger partial charge >= 0.3 is 0 Å². The van der Waals surface area contributed by atoms with Crippen LogP contribution < -0.4 is 10.6 Å². The zero-order chi connectivity index (χ0) is 16.2. The second-order valence-electron chi connectivity index (χ2n) is 6.45. The molecular weight excluding hydrogens is 276 g/mol. The van der Waals surface area contributed by atoms with Gasteiger partial charge in [0.2, 0.25) is 5.91 Å². The van der Waals surface area contributed by atoms with Crippen LogP contribution in [-0.4, -0.2) is 50.5 Å². The lowest BCUT2D eigenvalue weighted by Gasteiger charge is -2.21. The van der Waals surface area contributed by atoms with E-state index in [0.29, 0.717) is 0 Å². The SMILES string of the molecule is CCCNC(=NCC(=O)N(C)C)NCCCC1CCCCC1. The van der Waals surface area contributed by atoms with Gasteiger partial charge in [-0.1, -0.05) is 39.0 Å². The molecule has 1 aliphatic rings. The van der Waals surface area contributed by atoms with Crippen LogP contribution in [0.3, 0.4) is 0 Å². The number of carbonyl (C=O) groups excluding carboxylic acids is 1. The van der Waals surface area contributed by atoms with Gasteiger partial charge < -0.3 is 15.5 Å². The molecule has 5 nitrogen and oxygen atoms in total. The first-order valence-corrected chi connectivity index (χ1v) is 8.85. The number of nitrogens with one attached hydrogen (secondary N) is 2. The van der Waals surface area contributed by atoms with Crippen LogP contribution in [-0.2, 0) is 4.79 Å². The first-order valence-electron chi connectivity index (χ1n) is 8.85. The molecule has 0 heterocycles. The third-order valence-electron chi connectivity index (χ3n) is 4.22. The number of nitrogens with zero attached hydrogens (tertiary/aromatic N) is 2. The average Bonchev–Trinajstić information content (AvgIpc) is 2.53. The van der Waals surface area contributed by atoms with Gasteiger partial charge in [-0.2, -0.15) is 0 Å². The topological polar surface area (TPSA) is 56.7 Å². The number of amides is 1. The van der Waals surface area contributed by atoms with E-state index in [1.54, 1.807) is 19.0 Å². The van der Waals surface area contributed by atoms with Crippen molar-refractivity contribution in [2.45, 2.75) is 58.3 Å². The Balaban J connectivity index is 2.27. The number of carbonyl (C=O) groups is 1. The predicted molar refractivity (Wildman–Crippen MR) is 93.1 cm³/mol. The molecule has 1 amide bonds. The van der Waals surface area contributed by atoms with Gasteiger partial charge in [0.1, 0.15) is 6.54 Å². The lowest BCUT2D eigenvalue weighted by atomic mass is 9.86. The highest BCUT2D eigenvalue weighted by atomic mass is 16.2. The Morgan fingerprint density at radius 1 is 1.14 bits per heavy atom. The molecule has 1 fully saturated rings. The van der Waals surface area contributed by atoms with Crippen LogP contribution in [0, 0.1) is 5.92 Å². The maximum Gasteiger partial charge on any atom is 0.243 e. The van der Waals surface area contributed by atoms with Crippen molar-refractivity contribution in [1.82, 2.24) is 15.5 Å². The molecule has 1 saturated carbocycles. The summed E-state index contributed by atoms with van der Waals surface area (Å²) in [7, 11) is 3.52. The molecular formula is C17H34N4O. The van der Waals surface area contributed by atoms with Crippen molar-refractivity contribution in [2.75, 3.05) is 33.7 Å². The van der Waals surface area contributed by atoms with Crippen molar-refractivity contribution in [2.24, 2.45) is 10.9 Å². The highest BCUT2D eigenvalue weighted by Crippen LogP contribution is 2.26. The van der Waals surface area contributed by atoms with E-state index < -0.39 is 0 Å². The Morgan fingerprint density at radius 3 is 2.45 bits per heavy atom. The van der Waals surface area contributed by atoms with Crippen LogP contribution in [0.4, 0.5) is 0 Å². The Morgan fingerprint density at radius 2 is 1.82 bits per heavy atom. The van der Waals surface area contributed by atoms with Gasteiger partial charge in [0.25, 0.3) is 0 Å². The highest BCUT2D eigenvalue weighted by Gasteiger charge is 2.12. The van der Waals surface area contributed by atoms with Crippen LogP contribution in [0.5, 0.6) is 0 Å². The van der Waals surface area contributed by atoms with Crippen LogP contribution in [0.15, 0.2) is 4.99 Å². The summed E-state index contributed by atoms with van der Waals surface area (Å²) in [5.41, 5.74) is 0. The molecule has 128 valence electrons. The zero-order valence-electron chi connectivity index (χ0n) is 14.7. The molecule has 0 atom stereocenters. The minimum atomic E-state index is 0.0276. The summed E-state index contributed by atoms with van der Waals surface area (Å²) < 4.78 is 0. The van der Waals surface area contributed by atoms with Crippen molar-refractivity contribution in [1.29, 1.82) is 0 Å². The third kappa shape index (κ3) is 8.25. The standard InChI is InChI=1S/C17H34N4O/c1-4-12-18-17(20-14-16(22)21(2)3)19-13-8-11-15-9-6-5-7-10-15/h15H,4-14H2,1-3H3,(H2,18,19,20). The molecule has 0 aliphatic heterocycles. The molecule has 0 aromatic rings. The summed E-state index contributed by atoms with van der Waals surface area (Å²) in [5, 5.41) is 6.63. The first-order chi connectivity index (χ1) is 10.6. The Labute approximate surface area is 135 Å². The molecule has 22 heavy (non-hydrogen) atoms. The molecule has 0 radical (unpaired) electrons. The van der Waals surface area contributed by atoms with Crippen molar-refractivity contribution < 1.29 is 4.79 Å². The van der Waals surface area contributed by atoms with Crippen LogP contribution in [0.2, 0.25) is 0 Å². The molecule has 5 heteroatoms. The third-order valence-corrected chi connectivity index (χ3v) is 4.22. The van der Waals surface area contributed by atoms with Gasteiger partial charge in [0.05, 0.1) is 0 Å². The van der Waals surface area contributed by atoms with Gasteiger partial charge in [-0.3, -0.25) is 4.79 Å². The molecule has 0 aromatic heterocycles. The number of rotatable bonds is 8. The van der Waals surface area contributed by atoms with E-state index in [-0.39, 0.29) is 12.5 Å². The minimum Gasteiger partial charge on any atom is -0.356 e. The quantitative estimate of drug-likeness (QED) is 0.411. The molecule has 0 saturated heterocycles. The van der Waals surface area contributed by atoms with Gasteiger partial charge in [-0.05, 0) is 25.2 Å². The van der Waals surface area contributed by atoms with Crippen LogP contribution in [0.25, 0.3) is 0 Å². The second-order valence-corrected chi connectivity index (χ2v) is 6.45. The van der Waals surface area contributed by atoms with Gasteiger partial charge in [0.15, 0.2) is 5.96 Å². The second kappa shape index (κ2) is 11.3. The Hall–Kier alpha value is -1.26. The molecule has 1 rings (SSSR count). The summed E-state index contributed by atoms with van der Waals surface area (Å²) >= 11 is 0. The molecule has 0 unspecified atom stereocenters. The fourth-order valence-electron chi connectivity index (χ4n) is 2.78. The minimum absolute atomic E-state index is 0.0276. The Bertz CT molecular complexity index is 336. The summed E-state index contributed by atoms with van der Waals surface area (Å²) in [6, 6.07) is 0. The zero-order valence-corrected chi connectivity index (χ0v) is 14.7. The van der Waals surface area contributed by atoms with E-state index >= 15 is 0 Å². The van der Waals surface area contributed by atoms with Crippen molar-refractivity contribution >= 4 is 11.9 Å². The normalized spacial score (nSPS) is 16.4. The Kier molecular flexibility index (Phi) is 9.67. The van der Waals surface area contributed by atoms with E-state index in [1.165, 1.54) is 44.9 Å². The largest absolute Gasteiger partial charge is 0.356 e. The number of likely N-dealkylation sites (N-methyl/N-ethyl adjacent to an activating group) is 1. The van der Waals surface area contributed by atoms with Gasteiger partial charge in [-0.15, -0.1) is 0 Å². The first kappa shape index (κ1) is 18.8. The monoisotopic (exact) mass is 310 g/mol. The summed E-state index contributed by atoms with van der Waals surface area (Å²) in [6.07, 6.45) is 10.6. The van der Waals surface area contributed by atoms with E-state index in [1.807, 2.05) is 0 Å². The fourth-order valence-corrected chi connectivity index (χ4v) is 2.78. The lowest BCUT2D eigenvalue weighted by molar-refractivity contribution is -0.127. The molecule has 0 spiro atoms. The smallest absolute Gasteiger partial charge is 0.243 e. The summed E-state index contributed by atoms with van der Waals surface area (Å²) in [4.78, 5) is 17.6. The van der Waals surface area contributed by atoms with E-state index in [0.717, 1.165) is 31.4 Å². The highest BCUT2D eigenvalue weighted by molar-refractivity contribution is 5.84. The maximum atomic E-state index is 11.6. The number of hydrogen-bond acceptors (Lipinski definition) is 2. The maximum absolute atomic E-state index is 11.6. The summed E-state index contributed by atoms with van der Waals surface area (Å²) in [5.74, 6) is 1.72. The van der Waals surface area contributed by atoms with Gasteiger partial charge in [-0.25, -0.2) is 4.99 Å². The number of aliphatic imine (C=N–C) groups is 1. The predicted octanol–water partition coefficient (Wildman–Crippen LogP) is 2.38. The van der Waals surface area contributed by atoms with E-state index in [9.17, 15) is 4.79 Å². The van der Waals surface area contributed by atoms with Crippen molar-refractivity contribution in [3.8, 4) is 0 Å². The van der Waals surface area contributed by atoms with Crippen molar-refractivity contribution in [3.05, 3.63) is 0 Å². The lowest BCUT2D eigenvalue weighted by Crippen LogP contribution is -2.39. The molecule has 2 N–H and O–H groups in total. The number of guanidine groups is 1. The molecule has 1 aliphatic carbocycles. The van der Waals surface area contributed by atoms with Gasteiger partial charge in [0, 0.05) is 27.2 Å². The molecule has 0 aromatic carbocycles.